The van der Waals surface area contributed by atoms with Gasteiger partial charge >= 0.3 is 0 Å². The summed E-state index contributed by atoms with van der Waals surface area (Å²) in [7, 11) is 3.54. The van der Waals surface area contributed by atoms with Crippen molar-refractivity contribution in [2.45, 2.75) is 45.1 Å². The number of carbonyl (C=O) groups is 1. The summed E-state index contributed by atoms with van der Waals surface area (Å²) in [5, 5.41) is 8.86. The number of methoxy groups -OCH3 is 1. The average molecular weight is 393 g/mol. The Morgan fingerprint density at radius 3 is 2.96 bits per heavy atom. The summed E-state index contributed by atoms with van der Waals surface area (Å²) in [5.41, 5.74) is 1.65. The largest absolute Gasteiger partial charge is 0.385 e. The van der Waals surface area contributed by atoms with Crippen LogP contribution < -0.4 is 10.6 Å². The van der Waals surface area contributed by atoms with Crippen LogP contribution in [0, 0.1) is 5.41 Å². The zero-order valence-electron chi connectivity index (χ0n) is 16.6. The number of amides is 1. The third-order valence-electron chi connectivity index (χ3n) is 5.90. The minimum absolute atomic E-state index is 0.213. The standard InChI is InChI=1S/C20H32N4O2S/c1-21-19(23-15-20(7-3-8-20)9-12-26-2)22-10-4-18(25)24-11-5-17-16(14-24)6-13-27-17/h6,13H,3-5,7-12,14-15H2,1-2H3,(H2,21,22,23). The molecule has 6 nitrogen and oxygen atoms in total. The zero-order valence-corrected chi connectivity index (χ0v) is 17.4. The van der Waals surface area contributed by atoms with Crippen molar-refractivity contribution >= 4 is 23.2 Å². The average Bonchev–Trinajstić information content (AvgIpc) is 3.13. The Hall–Kier alpha value is -1.60. The first-order valence-electron chi connectivity index (χ1n) is 9.92. The molecule has 0 unspecified atom stereocenters. The van der Waals surface area contributed by atoms with E-state index in [1.54, 1.807) is 25.5 Å². The molecule has 0 radical (unpaired) electrons. The van der Waals surface area contributed by atoms with E-state index in [1.807, 2.05) is 4.90 Å². The molecule has 0 bridgehead atoms. The predicted molar refractivity (Wildman–Crippen MR) is 110 cm³/mol. The van der Waals surface area contributed by atoms with Gasteiger partial charge in [-0.2, -0.15) is 0 Å². The van der Waals surface area contributed by atoms with Gasteiger partial charge in [-0.05, 0) is 48.1 Å². The Morgan fingerprint density at radius 2 is 2.26 bits per heavy atom. The maximum absolute atomic E-state index is 12.5. The van der Waals surface area contributed by atoms with E-state index < -0.39 is 0 Å². The van der Waals surface area contributed by atoms with Crippen molar-refractivity contribution in [2.24, 2.45) is 10.4 Å². The van der Waals surface area contributed by atoms with Crippen LogP contribution in [0.25, 0.3) is 0 Å². The van der Waals surface area contributed by atoms with Crippen molar-refractivity contribution in [3.05, 3.63) is 21.9 Å². The fourth-order valence-electron chi connectivity index (χ4n) is 3.91. The number of fused-ring (bicyclic) bond motifs is 1. The first-order chi connectivity index (χ1) is 13.2. The predicted octanol–water partition coefficient (Wildman–Crippen LogP) is 2.39. The smallest absolute Gasteiger partial charge is 0.224 e. The van der Waals surface area contributed by atoms with Gasteiger partial charge in [-0.1, -0.05) is 6.42 Å². The van der Waals surface area contributed by atoms with E-state index in [0.717, 1.165) is 45.0 Å². The van der Waals surface area contributed by atoms with E-state index in [-0.39, 0.29) is 5.91 Å². The maximum atomic E-state index is 12.5. The molecule has 2 aliphatic rings. The highest BCUT2D eigenvalue weighted by Gasteiger charge is 2.36. The SMILES string of the molecule is CN=C(NCCC(=O)N1CCc2sccc2C1)NCC1(CCOC)CCC1. The van der Waals surface area contributed by atoms with Crippen LogP contribution in [0.5, 0.6) is 0 Å². The number of nitrogens with one attached hydrogen (secondary N) is 2. The van der Waals surface area contributed by atoms with Crippen LogP contribution in [0.15, 0.2) is 16.4 Å². The summed E-state index contributed by atoms with van der Waals surface area (Å²) in [5.74, 6) is 0.996. The molecule has 1 aromatic heterocycles. The molecule has 2 N–H and O–H groups in total. The Morgan fingerprint density at radius 1 is 1.41 bits per heavy atom. The highest BCUT2D eigenvalue weighted by Crippen LogP contribution is 2.43. The third-order valence-corrected chi connectivity index (χ3v) is 6.92. The number of thiophene rings is 1. The Balaban J connectivity index is 1.38. The number of hydrogen-bond acceptors (Lipinski definition) is 4. The zero-order chi connectivity index (χ0) is 19.1. The molecule has 27 heavy (non-hydrogen) atoms. The molecule has 1 fully saturated rings. The van der Waals surface area contributed by atoms with Gasteiger partial charge < -0.3 is 20.3 Å². The topological polar surface area (TPSA) is 66.0 Å². The van der Waals surface area contributed by atoms with E-state index in [2.05, 4.69) is 27.1 Å². The van der Waals surface area contributed by atoms with Crippen LogP contribution in [0.3, 0.4) is 0 Å². The van der Waals surface area contributed by atoms with Gasteiger partial charge in [0.1, 0.15) is 0 Å². The monoisotopic (exact) mass is 392 g/mol. The number of ether oxygens (including phenoxy) is 1. The number of rotatable bonds is 8. The van der Waals surface area contributed by atoms with Crippen molar-refractivity contribution in [3.8, 4) is 0 Å². The first-order valence-corrected chi connectivity index (χ1v) is 10.8. The molecule has 1 amide bonds. The highest BCUT2D eigenvalue weighted by molar-refractivity contribution is 7.10. The molecule has 0 atom stereocenters. The molecule has 0 aromatic carbocycles. The minimum atomic E-state index is 0.213. The van der Waals surface area contributed by atoms with Crippen LogP contribution in [-0.4, -0.2) is 57.2 Å². The molecule has 7 heteroatoms. The lowest BCUT2D eigenvalue weighted by atomic mass is 9.67. The van der Waals surface area contributed by atoms with E-state index in [0.29, 0.717) is 18.4 Å². The molecule has 1 aliphatic heterocycles. The Kier molecular flexibility index (Phi) is 7.13. The van der Waals surface area contributed by atoms with E-state index in [1.165, 1.54) is 29.7 Å². The van der Waals surface area contributed by atoms with Crippen LogP contribution in [0.2, 0.25) is 0 Å². The molecular weight excluding hydrogens is 360 g/mol. The summed E-state index contributed by atoms with van der Waals surface area (Å²) in [6.45, 7) is 3.92. The van der Waals surface area contributed by atoms with Gasteiger partial charge in [0.25, 0.3) is 0 Å². The van der Waals surface area contributed by atoms with E-state index in [9.17, 15) is 4.79 Å². The molecule has 3 rings (SSSR count). The first kappa shape index (κ1) is 20.1. The second-order valence-electron chi connectivity index (χ2n) is 7.63. The van der Waals surface area contributed by atoms with Gasteiger partial charge in [-0.3, -0.25) is 9.79 Å². The van der Waals surface area contributed by atoms with Crippen LogP contribution >= 0.6 is 11.3 Å². The van der Waals surface area contributed by atoms with Gasteiger partial charge in [0.05, 0.1) is 0 Å². The van der Waals surface area contributed by atoms with Crippen LogP contribution in [-0.2, 0) is 22.5 Å². The maximum Gasteiger partial charge on any atom is 0.224 e. The van der Waals surface area contributed by atoms with E-state index in [4.69, 9.17) is 4.74 Å². The van der Waals surface area contributed by atoms with E-state index >= 15 is 0 Å². The van der Waals surface area contributed by atoms with Crippen molar-refractivity contribution in [1.29, 1.82) is 0 Å². The summed E-state index contributed by atoms with van der Waals surface area (Å²) < 4.78 is 5.26. The number of aliphatic imine (C=N–C) groups is 1. The van der Waals surface area contributed by atoms with Crippen LogP contribution in [0.1, 0.15) is 42.5 Å². The molecule has 1 saturated carbocycles. The molecule has 150 valence electrons. The number of nitrogens with zero attached hydrogens (tertiary/aromatic N) is 2. The molecule has 0 spiro atoms. The number of guanidine groups is 1. The van der Waals surface area contributed by atoms with Crippen molar-refractivity contribution < 1.29 is 9.53 Å². The lowest BCUT2D eigenvalue weighted by Gasteiger charge is -2.42. The number of hydrogen-bond donors (Lipinski definition) is 2. The third kappa shape index (κ3) is 5.23. The fourth-order valence-corrected chi connectivity index (χ4v) is 4.80. The highest BCUT2D eigenvalue weighted by atomic mass is 32.1. The van der Waals surface area contributed by atoms with Gasteiger partial charge in [0.2, 0.25) is 5.91 Å². The molecule has 0 saturated heterocycles. The number of carbonyl (C=O) groups excluding carboxylic acids is 1. The summed E-state index contributed by atoms with van der Waals surface area (Å²) in [4.78, 5) is 20.2. The fraction of sp³-hybridized carbons (Fsp3) is 0.700. The minimum Gasteiger partial charge on any atom is -0.385 e. The lowest BCUT2D eigenvalue weighted by molar-refractivity contribution is -0.131. The molecule has 1 aliphatic carbocycles. The molecule has 1 aromatic rings. The lowest BCUT2D eigenvalue weighted by Crippen LogP contribution is -2.47. The van der Waals surface area contributed by atoms with Crippen LogP contribution in [0.4, 0.5) is 0 Å². The van der Waals surface area contributed by atoms with Crippen molar-refractivity contribution in [1.82, 2.24) is 15.5 Å². The van der Waals surface area contributed by atoms with Crippen molar-refractivity contribution in [3.63, 3.8) is 0 Å². The summed E-state index contributed by atoms with van der Waals surface area (Å²) in [6.07, 6.45) is 6.36. The second-order valence-corrected chi connectivity index (χ2v) is 8.63. The summed E-state index contributed by atoms with van der Waals surface area (Å²) >= 11 is 1.80. The van der Waals surface area contributed by atoms with Gasteiger partial charge in [0, 0.05) is 58.2 Å². The Bertz CT molecular complexity index is 654. The quantitative estimate of drug-likeness (QED) is 0.527. The van der Waals surface area contributed by atoms with Gasteiger partial charge in [-0.25, -0.2) is 0 Å². The normalized spacial score (nSPS) is 18.6. The Labute approximate surface area is 166 Å². The van der Waals surface area contributed by atoms with Gasteiger partial charge in [-0.15, -0.1) is 11.3 Å². The summed E-state index contributed by atoms with van der Waals surface area (Å²) in [6, 6.07) is 2.14. The second kappa shape index (κ2) is 9.55. The van der Waals surface area contributed by atoms with Crippen molar-refractivity contribution in [2.75, 3.05) is 40.4 Å². The molecule has 2 heterocycles. The van der Waals surface area contributed by atoms with Gasteiger partial charge in [0.15, 0.2) is 5.96 Å². The molecular formula is C20H32N4O2S.